The monoisotopic (exact) mass is 364 g/mol. The number of ether oxygens (including phenoxy) is 1. The maximum absolute atomic E-state index is 12.3. The van der Waals surface area contributed by atoms with E-state index in [-0.39, 0.29) is 5.91 Å². The predicted octanol–water partition coefficient (Wildman–Crippen LogP) is 3.93. The second-order valence-electron chi connectivity index (χ2n) is 7.78. The van der Waals surface area contributed by atoms with Gasteiger partial charge in [-0.15, -0.1) is 11.3 Å². The highest BCUT2D eigenvalue weighted by Crippen LogP contribution is 2.33. The summed E-state index contributed by atoms with van der Waals surface area (Å²) in [6, 6.07) is 2.20. The van der Waals surface area contributed by atoms with Gasteiger partial charge in [0, 0.05) is 24.4 Å². The van der Waals surface area contributed by atoms with Crippen LogP contribution < -0.4 is 4.74 Å². The second kappa shape index (κ2) is 9.04. The van der Waals surface area contributed by atoms with Crippen molar-refractivity contribution in [3.8, 4) is 5.06 Å². The average Bonchev–Trinajstić information content (AvgIpc) is 3.01. The third-order valence-corrected chi connectivity index (χ3v) is 6.18. The predicted molar refractivity (Wildman–Crippen MR) is 103 cm³/mol. The Bertz CT molecular complexity index is 564. The molecular weight excluding hydrogens is 332 g/mol. The Morgan fingerprint density at radius 2 is 2.04 bits per heavy atom. The van der Waals surface area contributed by atoms with Crippen LogP contribution in [-0.2, 0) is 17.8 Å². The number of thiophene rings is 1. The van der Waals surface area contributed by atoms with E-state index in [2.05, 4.69) is 24.8 Å². The number of fused-ring (bicyclic) bond motifs is 1. The van der Waals surface area contributed by atoms with Gasteiger partial charge in [-0.2, -0.15) is 0 Å². The summed E-state index contributed by atoms with van der Waals surface area (Å²) in [6.07, 6.45) is 6.81. The minimum Gasteiger partial charge on any atom is -0.484 e. The van der Waals surface area contributed by atoms with Gasteiger partial charge in [-0.05, 0) is 56.3 Å². The SMILES string of the molecule is CC(C)CC(=O)N1CCc2cc(OCCCN3CCCCC3)sc2C1. The Hall–Kier alpha value is -1.07. The van der Waals surface area contributed by atoms with Crippen molar-refractivity contribution in [3.05, 3.63) is 16.5 Å². The molecule has 5 heteroatoms. The largest absolute Gasteiger partial charge is 0.484 e. The zero-order chi connectivity index (χ0) is 17.6. The molecule has 0 N–H and O–H groups in total. The molecule has 1 saturated heterocycles. The van der Waals surface area contributed by atoms with Crippen LogP contribution in [0, 0.1) is 5.92 Å². The number of carbonyl (C=O) groups excluding carboxylic acids is 1. The highest BCUT2D eigenvalue weighted by atomic mass is 32.1. The van der Waals surface area contributed by atoms with Crippen LogP contribution in [0.1, 0.15) is 56.4 Å². The number of hydrogen-bond donors (Lipinski definition) is 0. The smallest absolute Gasteiger partial charge is 0.223 e. The lowest BCUT2D eigenvalue weighted by molar-refractivity contribution is -0.132. The van der Waals surface area contributed by atoms with Crippen molar-refractivity contribution in [2.45, 2.75) is 58.9 Å². The number of likely N-dealkylation sites (tertiary alicyclic amines) is 1. The Kier molecular flexibility index (Phi) is 6.77. The van der Waals surface area contributed by atoms with Crippen LogP contribution in [0.4, 0.5) is 0 Å². The normalized spacial score (nSPS) is 18.4. The first kappa shape index (κ1) is 18.7. The van der Waals surface area contributed by atoms with Crippen molar-refractivity contribution >= 4 is 17.2 Å². The van der Waals surface area contributed by atoms with Crippen LogP contribution in [0.3, 0.4) is 0 Å². The molecule has 0 radical (unpaired) electrons. The minimum absolute atomic E-state index is 0.290. The molecule has 1 aromatic heterocycles. The molecule has 3 rings (SSSR count). The summed E-state index contributed by atoms with van der Waals surface area (Å²) in [5, 5.41) is 1.03. The number of rotatable bonds is 7. The lowest BCUT2D eigenvalue weighted by Gasteiger charge is -2.27. The molecule has 1 aromatic rings. The topological polar surface area (TPSA) is 32.8 Å². The molecule has 1 fully saturated rings. The molecule has 0 saturated carbocycles. The Labute approximate surface area is 156 Å². The first-order valence-electron chi connectivity index (χ1n) is 9.86. The van der Waals surface area contributed by atoms with E-state index >= 15 is 0 Å². The summed E-state index contributed by atoms with van der Waals surface area (Å²) in [6.45, 7) is 10.3. The van der Waals surface area contributed by atoms with E-state index in [0.717, 1.165) is 44.1 Å². The maximum Gasteiger partial charge on any atom is 0.223 e. The van der Waals surface area contributed by atoms with Crippen molar-refractivity contribution in [3.63, 3.8) is 0 Å². The molecule has 3 heterocycles. The maximum atomic E-state index is 12.3. The van der Waals surface area contributed by atoms with Gasteiger partial charge in [0.05, 0.1) is 13.2 Å². The fraction of sp³-hybridized carbons (Fsp3) is 0.750. The first-order chi connectivity index (χ1) is 12.1. The lowest BCUT2D eigenvalue weighted by Crippen LogP contribution is -2.35. The molecule has 140 valence electrons. The molecule has 0 aromatic carbocycles. The van der Waals surface area contributed by atoms with E-state index in [1.165, 1.54) is 42.8 Å². The van der Waals surface area contributed by atoms with Gasteiger partial charge in [0.25, 0.3) is 0 Å². The fourth-order valence-corrected chi connectivity index (χ4v) is 4.80. The molecule has 1 amide bonds. The number of amides is 1. The van der Waals surface area contributed by atoms with E-state index < -0.39 is 0 Å². The molecule has 25 heavy (non-hydrogen) atoms. The third kappa shape index (κ3) is 5.45. The molecule has 2 aliphatic heterocycles. The zero-order valence-corrected chi connectivity index (χ0v) is 16.6. The van der Waals surface area contributed by atoms with Crippen molar-refractivity contribution in [2.24, 2.45) is 5.92 Å². The van der Waals surface area contributed by atoms with Gasteiger partial charge in [0.15, 0.2) is 5.06 Å². The molecule has 4 nitrogen and oxygen atoms in total. The van der Waals surface area contributed by atoms with Crippen molar-refractivity contribution in [2.75, 3.05) is 32.8 Å². The minimum atomic E-state index is 0.290. The summed E-state index contributed by atoms with van der Waals surface area (Å²) in [4.78, 5) is 18.2. The number of piperidine rings is 1. The van der Waals surface area contributed by atoms with Crippen LogP contribution in [0.2, 0.25) is 0 Å². The fourth-order valence-electron chi connectivity index (χ4n) is 3.70. The van der Waals surface area contributed by atoms with E-state index in [4.69, 9.17) is 4.74 Å². The second-order valence-corrected chi connectivity index (χ2v) is 8.88. The van der Waals surface area contributed by atoms with Gasteiger partial charge in [-0.1, -0.05) is 20.3 Å². The average molecular weight is 365 g/mol. The summed E-state index contributed by atoms with van der Waals surface area (Å²) in [5.41, 5.74) is 1.38. The highest BCUT2D eigenvalue weighted by molar-refractivity contribution is 7.14. The van der Waals surface area contributed by atoms with Gasteiger partial charge in [-0.3, -0.25) is 4.79 Å². The zero-order valence-electron chi connectivity index (χ0n) is 15.8. The Morgan fingerprint density at radius 3 is 2.80 bits per heavy atom. The molecule has 0 bridgehead atoms. The van der Waals surface area contributed by atoms with E-state index in [1.807, 2.05) is 4.90 Å². The number of carbonyl (C=O) groups is 1. The summed E-state index contributed by atoms with van der Waals surface area (Å²) in [5.74, 6) is 0.717. The summed E-state index contributed by atoms with van der Waals surface area (Å²) < 4.78 is 6.00. The Morgan fingerprint density at radius 1 is 1.24 bits per heavy atom. The van der Waals surface area contributed by atoms with E-state index in [9.17, 15) is 4.79 Å². The molecule has 2 aliphatic rings. The van der Waals surface area contributed by atoms with E-state index in [1.54, 1.807) is 11.3 Å². The van der Waals surface area contributed by atoms with Gasteiger partial charge >= 0.3 is 0 Å². The molecule has 0 spiro atoms. The Balaban J connectivity index is 1.43. The van der Waals surface area contributed by atoms with Gasteiger partial charge in [0.1, 0.15) is 0 Å². The molecule has 0 aliphatic carbocycles. The van der Waals surface area contributed by atoms with Crippen molar-refractivity contribution in [1.29, 1.82) is 0 Å². The van der Waals surface area contributed by atoms with Gasteiger partial charge < -0.3 is 14.5 Å². The molecular formula is C20H32N2O2S. The molecule has 0 atom stereocenters. The molecule has 0 unspecified atom stereocenters. The van der Waals surface area contributed by atoms with Gasteiger partial charge in [-0.25, -0.2) is 0 Å². The van der Waals surface area contributed by atoms with Crippen LogP contribution >= 0.6 is 11.3 Å². The number of hydrogen-bond acceptors (Lipinski definition) is 4. The van der Waals surface area contributed by atoms with E-state index in [0.29, 0.717) is 12.3 Å². The summed E-state index contributed by atoms with van der Waals surface area (Å²) >= 11 is 1.73. The van der Waals surface area contributed by atoms with Gasteiger partial charge in [0.2, 0.25) is 5.91 Å². The van der Waals surface area contributed by atoms with Crippen molar-refractivity contribution in [1.82, 2.24) is 9.80 Å². The van der Waals surface area contributed by atoms with Crippen LogP contribution in [0.5, 0.6) is 5.06 Å². The highest BCUT2D eigenvalue weighted by Gasteiger charge is 2.23. The number of nitrogens with zero attached hydrogens (tertiary/aromatic N) is 2. The van der Waals surface area contributed by atoms with Crippen molar-refractivity contribution < 1.29 is 9.53 Å². The summed E-state index contributed by atoms with van der Waals surface area (Å²) in [7, 11) is 0. The van der Waals surface area contributed by atoms with Crippen LogP contribution in [0.25, 0.3) is 0 Å². The first-order valence-corrected chi connectivity index (χ1v) is 10.7. The third-order valence-electron chi connectivity index (χ3n) is 5.11. The standard InChI is InChI=1S/C20H32N2O2S/c1-16(2)13-19(23)22-11-7-17-14-20(25-18(17)15-22)24-12-6-10-21-8-4-3-5-9-21/h14,16H,3-13,15H2,1-2H3. The quantitative estimate of drug-likeness (QED) is 0.687. The van der Waals surface area contributed by atoms with Crippen LogP contribution in [-0.4, -0.2) is 48.5 Å². The van der Waals surface area contributed by atoms with Crippen LogP contribution in [0.15, 0.2) is 6.07 Å². The lowest BCUT2D eigenvalue weighted by atomic mass is 10.1.